The summed E-state index contributed by atoms with van der Waals surface area (Å²) in [6.07, 6.45) is -3.66. The molecule has 0 saturated carbocycles. The third-order valence-electron chi connectivity index (χ3n) is 4.46. The molecule has 1 aliphatic rings. The van der Waals surface area contributed by atoms with Crippen molar-refractivity contribution in [1.29, 1.82) is 0 Å². The molecule has 26 heavy (non-hydrogen) atoms. The molecule has 1 heterocycles. The predicted molar refractivity (Wildman–Crippen MR) is 90.6 cm³/mol. The third-order valence-corrected chi connectivity index (χ3v) is 7.18. The number of hydrogen-bond acceptors (Lipinski definition) is 4. The number of rotatable bonds is 5. The van der Waals surface area contributed by atoms with E-state index < -0.39 is 32.1 Å². The van der Waals surface area contributed by atoms with Gasteiger partial charge in [-0.2, -0.15) is 13.2 Å². The van der Waals surface area contributed by atoms with Gasteiger partial charge in [0.25, 0.3) is 5.91 Å². The Morgan fingerprint density at radius 2 is 1.73 bits per heavy atom. The third kappa shape index (κ3) is 4.90. The van der Waals surface area contributed by atoms with Gasteiger partial charge in [-0.25, -0.2) is 8.42 Å². The second-order valence-corrected chi connectivity index (χ2v) is 9.32. The summed E-state index contributed by atoms with van der Waals surface area (Å²) in [5.74, 6) is -0.145. The number of alkyl halides is 3. The first-order valence-corrected chi connectivity index (χ1v) is 9.93. The molecule has 1 aromatic rings. The minimum absolute atomic E-state index is 0.170. The van der Waals surface area contributed by atoms with Crippen molar-refractivity contribution in [2.75, 3.05) is 19.7 Å². The van der Waals surface area contributed by atoms with E-state index >= 15 is 0 Å². The number of nitrogens with zero attached hydrogens (tertiary/aromatic N) is 1. The molecule has 0 atom stereocenters. The number of ether oxygens (including phenoxy) is 1. The molecule has 1 saturated heterocycles. The molecule has 0 unspecified atom stereocenters. The highest BCUT2D eigenvalue weighted by molar-refractivity contribution is 7.92. The molecule has 0 radical (unpaired) electrons. The van der Waals surface area contributed by atoms with Crippen molar-refractivity contribution in [2.24, 2.45) is 0 Å². The molecule has 1 amide bonds. The first kappa shape index (κ1) is 20.5. The van der Waals surface area contributed by atoms with Crippen LogP contribution in [0.1, 0.15) is 32.3 Å². The molecule has 2 rings (SSSR count). The lowest BCUT2D eigenvalue weighted by Crippen LogP contribution is -2.45. The molecular weight excluding hydrogens is 371 g/mol. The number of halogens is 3. The van der Waals surface area contributed by atoms with E-state index in [1.165, 1.54) is 4.90 Å². The van der Waals surface area contributed by atoms with Crippen molar-refractivity contribution in [3.8, 4) is 5.75 Å². The van der Waals surface area contributed by atoms with Crippen LogP contribution in [0.2, 0.25) is 0 Å². The SMILES string of the molecule is CC(C)S(=O)(=O)C1CCN(C(=O)COc2ccc(C(F)(F)F)cc2)CC1. The molecule has 5 nitrogen and oxygen atoms in total. The first-order valence-electron chi connectivity index (χ1n) is 8.32. The summed E-state index contributed by atoms with van der Waals surface area (Å²) >= 11 is 0. The highest BCUT2D eigenvalue weighted by Gasteiger charge is 2.33. The van der Waals surface area contributed by atoms with Crippen molar-refractivity contribution >= 4 is 15.7 Å². The lowest BCUT2D eigenvalue weighted by atomic mass is 10.1. The average molecular weight is 393 g/mol. The van der Waals surface area contributed by atoms with E-state index in [1.807, 2.05) is 0 Å². The predicted octanol–water partition coefficient (Wildman–Crippen LogP) is 2.90. The summed E-state index contributed by atoms with van der Waals surface area (Å²) in [6, 6.07) is 4.11. The lowest BCUT2D eigenvalue weighted by molar-refractivity contribution is -0.138. The van der Waals surface area contributed by atoms with Crippen LogP contribution in [-0.2, 0) is 20.8 Å². The molecule has 9 heteroatoms. The molecule has 1 aromatic carbocycles. The second-order valence-electron chi connectivity index (χ2n) is 6.53. The van der Waals surface area contributed by atoms with E-state index in [1.54, 1.807) is 13.8 Å². The molecule has 0 bridgehead atoms. The number of benzene rings is 1. The topological polar surface area (TPSA) is 63.7 Å². The van der Waals surface area contributed by atoms with Crippen LogP contribution < -0.4 is 4.74 Å². The van der Waals surface area contributed by atoms with Crippen LogP contribution >= 0.6 is 0 Å². The molecule has 146 valence electrons. The molecule has 1 aliphatic heterocycles. The van der Waals surface area contributed by atoms with Gasteiger partial charge >= 0.3 is 6.18 Å². The first-order chi connectivity index (χ1) is 12.0. The molecule has 1 fully saturated rings. The van der Waals surface area contributed by atoms with E-state index in [0.717, 1.165) is 24.3 Å². The van der Waals surface area contributed by atoms with Crippen LogP contribution in [0.15, 0.2) is 24.3 Å². The maximum absolute atomic E-state index is 12.5. The fourth-order valence-corrected chi connectivity index (χ4v) is 4.43. The van der Waals surface area contributed by atoms with E-state index in [-0.39, 0.29) is 18.3 Å². The van der Waals surface area contributed by atoms with Gasteiger partial charge in [0, 0.05) is 13.1 Å². The monoisotopic (exact) mass is 393 g/mol. The standard InChI is InChI=1S/C17H22F3NO4S/c1-12(2)26(23,24)15-7-9-21(10-8-15)16(22)11-25-14-5-3-13(4-6-14)17(18,19)20/h3-6,12,15H,7-11H2,1-2H3. The fraction of sp³-hybridized carbons (Fsp3) is 0.588. The molecule has 0 spiro atoms. The lowest BCUT2D eigenvalue weighted by Gasteiger charge is -2.32. The average Bonchev–Trinajstić information content (AvgIpc) is 2.59. The number of piperidine rings is 1. The highest BCUT2D eigenvalue weighted by Crippen LogP contribution is 2.30. The van der Waals surface area contributed by atoms with Gasteiger partial charge in [-0.15, -0.1) is 0 Å². The highest BCUT2D eigenvalue weighted by atomic mass is 32.2. The van der Waals surface area contributed by atoms with E-state index in [2.05, 4.69) is 0 Å². The summed E-state index contributed by atoms with van der Waals surface area (Å²) in [5.41, 5.74) is -0.787. The minimum Gasteiger partial charge on any atom is -0.484 e. The van der Waals surface area contributed by atoms with Crippen molar-refractivity contribution in [3.05, 3.63) is 29.8 Å². The van der Waals surface area contributed by atoms with Gasteiger partial charge in [0.05, 0.1) is 16.1 Å². The van der Waals surface area contributed by atoms with E-state index in [0.29, 0.717) is 25.9 Å². The number of hydrogen-bond donors (Lipinski definition) is 0. The molecule has 0 N–H and O–H groups in total. The Labute approximate surface area is 151 Å². The summed E-state index contributed by atoms with van der Waals surface area (Å²) in [6.45, 7) is 3.64. The largest absolute Gasteiger partial charge is 0.484 e. The van der Waals surface area contributed by atoms with E-state index in [4.69, 9.17) is 4.74 Å². The van der Waals surface area contributed by atoms with Gasteiger partial charge in [0.2, 0.25) is 0 Å². The van der Waals surface area contributed by atoms with Crippen molar-refractivity contribution in [1.82, 2.24) is 4.90 Å². The van der Waals surface area contributed by atoms with Crippen molar-refractivity contribution in [3.63, 3.8) is 0 Å². The van der Waals surface area contributed by atoms with E-state index in [9.17, 15) is 26.4 Å². The molecule has 0 aliphatic carbocycles. The number of amides is 1. The zero-order valence-corrected chi connectivity index (χ0v) is 15.4. The van der Waals surface area contributed by atoms with Gasteiger partial charge in [-0.1, -0.05) is 0 Å². The molecular formula is C17H22F3NO4S. The van der Waals surface area contributed by atoms with Crippen LogP contribution in [0.25, 0.3) is 0 Å². The number of sulfone groups is 1. The summed E-state index contributed by atoms with van der Waals surface area (Å²) in [5, 5.41) is -0.889. The van der Waals surface area contributed by atoms with Gasteiger partial charge in [0.1, 0.15) is 5.75 Å². The van der Waals surface area contributed by atoms with Crippen LogP contribution in [0.5, 0.6) is 5.75 Å². The smallest absolute Gasteiger partial charge is 0.416 e. The van der Waals surface area contributed by atoms with Crippen LogP contribution in [0.4, 0.5) is 13.2 Å². The Morgan fingerprint density at radius 1 is 1.19 bits per heavy atom. The number of carbonyl (C=O) groups is 1. The van der Waals surface area contributed by atoms with Crippen LogP contribution in [0.3, 0.4) is 0 Å². The maximum Gasteiger partial charge on any atom is 0.416 e. The zero-order chi connectivity index (χ0) is 19.5. The summed E-state index contributed by atoms with van der Waals surface area (Å²) in [7, 11) is -3.18. The summed E-state index contributed by atoms with van der Waals surface area (Å²) in [4.78, 5) is 13.7. The normalized spacial score (nSPS) is 16.8. The Balaban J connectivity index is 1.84. The van der Waals surface area contributed by atoms with Crippen molar-refractivity contribution < 1.29 is 31.1 Å². The number of likely N-dealkylation sites (tertiary alicyclic amines) is 1. The van der Waals surface area contributed by atoms with Crippen molar-refractivity contribution in [2.45, 2.75) is 43.4 Å². The van der Waals surface area contributed by atoms with Gasteiger partial charge in [-0.05, 0) is 51.0 Å². The Bertz CT molecular complexity index is 721. The van der Waals surface area contributed by atoms with Crippen LogP contribution in [0, 0.1) is 0 Å². The van der Waals surface area contributed by atoms with Gasteiger partial charge in [0.15, 0.2) is 16.4 Å². The zero-order valence-electron chi connectivity index (χ0n) is 14.6. The molecule has 0 aromatic heterocycles. The number of carbonyl (C=O) groups excluding carboxylic acids is 1. The Kier molecular flexibility index (Phi) is 6.21. The second kappa shape index (κ2) is 7.85. The summed E-state index contributed by atoms with van der Waals surface area (Å²) < 4.78 is 67.1. The van der Waals surface area contributed by atoms with Crippen LogP contribution in [-0.4, -0.2) is 49.4 Å². The Hall–Kier alpha value is -1.77. The van der Waals surface area contributed by atoms with Gasteiger partial charge in [-0.3, -0.25) is 4.79 Å². The minimum atomic E-state index is -4.42. The fourth-order valence-electron chi connectivity index (χ4n) is 2.80. The quantitative estimate of drug-likeness (QED) is 0.772. The maximum atomic E-state index is 12.5. The Morgan fingerprint density at radius 3 is 2.19 bits per heavy atom. The van der Waals surface area contributed by atoms with Gasteiger partial charge < -0.3 is 9.64 Å².